The van der Waals surface area contributed by atoms with Gasteiger partial charge in [0.1, 0.15) is 26.2 Å². The summed E-state index contributed by atoms with van der Waals surface area (Å²) >= 11 is 0. The van der Waals surface area contributed by atoms with Crippen LogP contribution in [0.1, 0.15) is 23.9 Å². The molecular formula is C22H32N6O3+2. The molecule has 9 nitrogen and oxygen atoms in total. The summed E-state index contributed by atoms with van der Waals surface area (Å²) in [4.78, 5) is 0. The van der Waals surface area contributed by atoms with Crippen LogP contribution < -0.4 is 20.1 Å². The van der Waals surface area contributed by atoms with Crippen molar-refractivity contribution in [1.29, 1.82) is 0 Å². The minimum atomic E-state index is -0.265. The van der Waals surface area contributed by atoms with Crippen molar-refractivity contribution >= 4 is 0 Å². The summed E-state index contributed by atoms with van der Waals surface area (Å²) in [6.45, 7) is 7.61. The van der Waals surface area contributed by atoms with Crippen molar-refractivity contribution in [2.24, 2.45) is 0 Å². The smallest absolute Gasteiger partial charge is 0.194 e. The topological polar surface area (TPSA) is 116 Å². The van der Waals surface area contributed by atoms with Gasteiger partial charge in [0, 0.05) is 5.56 Å². The van der Waals surface area contributed by atoms with E-state index in [1.54, 1.807) is 18.7 Å². The van der Waals surface area contributed by atoms with Gasteiger partial charge in [0.15, 0.2) is 23.9 Å². The van der Waals surface area contributed by atoms with Crippen LogP contribution in [0.2, 0.25) is 0 Å². The van der Waals surface area contributed by atoms with Gasteiger partial charge in [-0.05, 0) is 54.6 Å². The number of tetrazole rings is 1. The van der Waals surface area contributed by atoms with Crippen LogP contribution in [-0.2, 0) is 13.2 Å². The Kier molecular flexibility index (Phi) is 8.34. The molecule has 2 aromatic carbocycles. The fourth-order valence-electron chi connectivity index (χ4n) is 3.15. The number of aromatic nitrogens is 4. The number of quaternary nitrogens is 2. The minimum Gasteiger partial charge on any atom is -0.493 e. The SMILES string of the molecule is COc1cc(C[NH2+]CC[NH2+]C[C@H](C)O)ccc1OCc1nnnn1-c1ccc(C)cc1. The average molecular weight is 429 g/mol. The quantitative estimate of drug-likeness (QED) is 0.337. The lowest BCUT2D eigenvalue weighted by molar-refractivity contribution is -0.733. The van der Waals surface area contributed by atoms with E-state index in [2.05, 4.69) is 26.2 Å². The number of nitrogens with two attached hydrogens (primary N) is 2. The third-order valence-corrected chi connectivity index (χ3v) is 4.86. The maximum absolute atomic E-state index is 9.28. The first kappa shape index (κ1) is 22.7. The number of hydrogen-bond acceptors (Lipinski definition) is 6. The maximum atomic E-state index is 9.28. The van der Waals surface area contributed by atoms with Gasteiger partial charge < -0.3 is 25.2 Å². The Morgan fingerprint density at radius 2 is 1.84 bits per heavy atom. The van der Waals surface area contributed by atoms with Crippen LogP contribution in [0, 0.1) is 6.92 Å². The minimum absolute atomic E-state index is 0.224. The molecule has 0 amide bonds. The maximum Gasteiger partial charge on any atom is 0.194 e. The Balaban J connectivity index is 1.55. The van der Waals surface area contributed by atoms with Crippen LogP contribution >= 0.6 is 0 Å². The molecule has 0 unspecified atom stereocenters. The third kappa shape index (κ3) is 6.74. The van der Waals surface area contributed by atoms with Gasteiger partial charge in [0.25, 0.3) is 0 Å². The number of benzene rings is 2. The van der Waals surface area contributed by atoms with Crippen molar-refractivity contribution in [2.75, 3.05) is 26.7 Å². The Bertz CT molecular complexity index is 943. The van der Waals surface area contributed by atoms with E-state index in [-0.39, 0.29) is 12.7 Å². The lowest BCUT2D eigenvalue weighted by atomic mass is 10.2. The summed E-state index contributed by atoms with van der Waals surface area (Å²) in [5, 5.41) is 25.6. The summed E-state index contributed by atoms with van der Waals surface area (Å²) < 4.78 is 13.2. The van der Waals surface area contributed by atoms with E-state index < -0.39 is 0 Å². The number of aryl methyl sites for hydroxylation is 1. The van der Waals surface area contributed by atoms with E-state index >= 15 is 0 Å². The molecule has 0 bridgehead atoms. The molecule has 0 saturated heterocycles. The van der Waals surface area contributed by atoms with Crippen molar-refractivity contribution in [3.63, 3.8) is 0 Å². The first-order valence-corrected chi connectivity index (χ1v) is 10.5. The second kappa shape index (κ2) is 11.4. The Morgan fingerprint density at radius 1 is 1.06 bits per heavy atom. The second-order valence-corrected chi connectivity index (χ2v) is 7.56. The third-order valence-electron chi connectivity index (χ3n) is 4.86. The highest BCUT2D eigenvalue weighted by Crippen LogP contribution is 2.28. The molecule has 3 rings (SSSR count). The van der Waals surface area contributed by atoms with Crippen LogP contribution in [0.15, 0.2) is 42.5 Å². The zero-order valence-electron chi connectivity index (χ0n) is 18.4. The van der Waals surface area contributed by atoms with Gasteiger partial charge in [-0.3, -0.25) is 0 Å². The first-order chi connectivity index (χ1) is 15.1. The van der Waals surface area contributed by atoms with Crippen LogP contribution in [0.4, 0.5) is 0 Å². The molecule has 0 spiro atoms. The molecule has 0 fully saturated rings. The van der Waals surface area contributed by atoms with Crippen LogP contribution in [-0.4, -0.2) is 58.2 Å². The molecule has 1 heterocycles. The van der Waals surface area contributed by atoms with Crippen molar-refractivity contribution in [1.82, 2.24) is 20.2 Å². The Morgan fingerprint density at radius 3 is 2.58 bits per heavy atom. The number of ether oxygens (including phenoxy) is 2. The number of methoxy groups -OCH3 is 1. The average Bonchev–Trinajstić information content (AvgIpc) is 3.24. The normalized spacial score (nSPS) is 12.0. The number of aliphatic hydroxyl groups is 1. The molecule has 31 heavy (non-hydrogen) atoms. The van der Waals surface area contributed by atoms with Gasteiger partial charge in [-0.1, -0.05) is 17.7 Å². The number of nitrogens with zero attached hydrogens (tertiary/aromatic N) is 4. The Hall–Kier alpha value is -3.01. The van der Waals surface area contributed by atoms with E-state index in [9.17, 15) is 5.11 Å². The highest BCUT2D eigenvalue weighted by molar-refractivity contribution is 5.43. The lowest BCUT2D eigenvalue weighted by Crippen LogP contribution is -2.95. The molecule has 166 valence electrons. The number of hydrogen-bond donors (Lipinski definition) is 3. The van der Waals surface area contributed by atoms with Gasteiger partial charge in [0.05, 0.1) is 18.9 Å². The summed E-state index contributed by atoms with van der Waals surface area (Å²) in [6.07, 6.45) is -0.265. The molecule has 0 aliphatic carbocycles. The van der Waals surface area contributed by atoms with Crippen molar-refractivity contribution in [3.8, 4) is 17.2 Å². The first-order valence-electron chi connectivity index (χ1n) is 10.5. The largest absolute Gasteiger partial charge is 0.493 e. The van der Waals surface area contributed by atoms with Gasteiger partial charge >= 0.3 is 0 Å². The zero-order chi connectivity index (χ0) is 22.1. The van der Waals surface area contributed by atoms with Crippen LogP contribution in [0.5, 0.6) is 11.5 Å². The van der Waals surface area contributed by atoms with Crippen molar-refractivity contribution in [2.45, 2.75) is 33.1 Å². The van der Waals surface area contributed by atoms with Gasteiger partial charge in [-0.2, -0.15) is 4.68 Å². The van der Waals surface area contributed by atoms with Crippen LogP contribution in [0.25, 0.3) is 5.69 Å². The molecule has 0 aliphatic rings. The molecule has 5 N–H and O–H groups in total. The van der Waals surface area contributed by atoms with E-state index in [0.29, 0.717) is 17.3 Å². The number of rotatable bonds is 12. The van der Waals surface area contributed by atoms with E-state index in [0.717, 1.165) is 37.4 Å². The Labute approximate surface area is 182 Å². The molecule has 1 aromatic heterocycles. The van der Waals surface area contributed by atoms with Gasteiger partial charge in [0.2, 0.25) is 0 Å². The fourth-order valence-corrected chi connectivity index (χ4v) is 3.15. The predicted molar refractivity (Wildman–Crippen MR) is 115 cm³/mol. The molecule has 0 aliphatic heterocycles. The molecule has 1 atom stereocenters. The molecule has 0 saturated carbocycles. The summed E-state index contributed by atoms with van der Waals surface area (Å²) in [5.74, 6) is 1.94. The number of aliphatic hydroxyl groups excluding tert-OH is 1. The fraction of sp³-hybridized carbons (Fsp3) is 0.409. The highest BCUT2D eigenvalue weighted by atomic mass is 16.5. The van der Waals surface area contributed by atoms with Gasteiger partial charge in [-0.25, -0.2) is 0 Å². The summed E-state index contributed by atoms with van der Waals surface area (Å²) in [7, 11) is 1.64. The van der Waals surface area contributed by atoms with E-state index in [1.807, 2.05) is 49.4 Å². The standard InChI is InChI=1S/C22H30N6O3/c1-16-4-7-19(8-5-16)28-22(25-26-27-28)15-31-20-9-6-18(12-21(20)30-3)14-24-11-10-23-13-17(2)29/h4-9,12,17,23-24,29H,10-11,13-15H2,1-3H3/p+2/t17-/m0/s1. The summed E-state index contributed by atoms with van der Waals surface area (Å²) in [6, 6.07) is 13.9. The molecular weight excluding hydrogens is 396 g/mol. The second-order valence-electron chi connectivity index (χ2n) is 7.56. The van der Waals surface area contributed by atoms with Crippen molar-refractivity contribution in [3.05, 3.63) is 59.4 Å². The monoisotopic (exact) mass is 428 g/mol. The predicted octanol–water partition coefficient (Wildman–Crippen LogP) is -0.434. The molecule has 9 heteroatoms. The molecule has 3 aromatic rings. The van der Waals surface area contributed by atoms with Crippen molar-refractivity contribution < 1.29 is 25.2 Å². The highest BCUT2D eigenvalue weighted by Gasteiger charge is 2.12. The lowest BCUT2D eigenvalue weighted by Gasteiger charge is -2.12. The van der Waals surface area contributed by atoms with Gasteiger partial charge in [-0.15, -0.1) is 5.10 Å². The van der Waals surface area contributed by atoms with E-state index in [1.165, 1.54) is 5.56 Å². The molecule has 0 radical (unpaired) electrons. The zero-order valence-corrected chi connectivity index (χ0v) is 18.4. The van der Waals surface area contributed by atoms with Crippen LogP contribution in [0.3, 0.4) is 0 Å². The van der Waals surface area contributed by atoms with E-state index in [4.69, 9.17) is 9.47 Å². The summed E-state index contributed by atoms with van der Waals surface area (Å²) in [5.41, 5.74) is 3.22.